The highest BCUT2D eigenvalue weighted by atomic mass is 79.9. The molecule has 0 saturated carbocycles. The van der Waals surface area contributed by atoms with Gasteiger partial charge in [0.2, 0.25) is 0 Å². The summed E-state index contributed by atoms with van der Waals surface area (Å²) in [6.45, 7) is 1.86. The average molecular weight is 325 g/mol. The van der Waals surface area contributed by atoms with Crippen molar-refractivity contribution >= 4 is 27.3 Å². The maximum Gasteiger partial charge on any atom is 0.436 e. The fraction of sp³-hybridized carbons (Fsp3) is 0.300. The van der Waals surface area contributed by atoms with Crippen LogP contribution in [0.25, 0.3) is 10.6 Å². The van der Waals surface area contributed by atoms with Gasteiger partial charge in [-0.2, -0.15) is 18.3 Å². The lowest BCUT2D eigenvalue weighted by Crippen LogP contribution is -2.07. The number of thiophene rings is 1. The summed E-state index contributed by atoms with van der Waals surface area (Å²) in [5.74, 6) is 0. The molecule has 0 N–H and O–H groups in total. The summed E-state index contributed by atoms with van der Waals surface area (Å²) in [5.41, 5.74) is 0.514. The van der Waals surface area contributed by atoms with Crippen LogP contribution in [-0.2, 0) is 13.2 Å². The third-order valence-corrected chi connectivity index (χ3v) is 4.11. The Bertz CT molecular complexity index is 556. The summed E-state index contributed by atoms with van der Waals surface area (Å²) >= 11 is 4.39. The van der Waals surface area contributed by atoms with Crippen LogP contribution >= 0.6 is 27.3 Å². The molecule has 2 aromatic rings. The van der Waals surface area contributed by atoms with E-state index < -0.39 is 11.9 Å². The SMILES string of the molecule is Cc1ccsc1-c1c(Br)c(C(F)(F)F)nn1C. The Balaban J connectivity index is 2.65. The van der Waals surface area contributed by atoms with Crippen LogP contribution in [0.5, 0.6) is 0 Å². The Morgan fingerprint density at radius 2 is 2.06 bits per heavy atom. The Hall–Kier alpha value is -0.820. The zero-order valence-electron chi connectivity index (χ0n) is 8.97. The number of rotatable bonds is 1. The molecule has 17 heavy (non-hydrogen) atoms. The first kappa shape index (κ1) is 12.6. The van der Waals surface area contributed by atoms with E-state index in [2.05, 4.69) is 21.0 Å². The van der Waals surface area contributed by atoms with Gasteiger partial charge in [0.25, 0.3) is 0 Å². The average Bonchev–Trinajstić information content (AvgIpc) is 2.70. The molecule has 92 valence electrons. The Morgan fingerprint density at radius 1 is 1.41 bits per heavy atom. The first-order valence-corrected chi connectivity index (χ1v) is 6.33. The number of hydrogen-bond acceptors (Lipinski definition) is 2. The molecule has 2 heterocycles. The van der Waals surface area contributed by atoms with E-state index in [-0.39, 0.29) is 4.47 Å². The molecule has 0 aliphatic heterocycles. The monoisotopic (exact) mass is 324 g/mol. The molecule has 2 rings (SSSR count). The van der Waals surface area contributed by atoms with Gasteiger partial charge < -0.3 is 0 Å². The van der Waals surface area contributed by atoms with Crippen LogP contribution in [0.2, 0.25) is 0 Å². The molecule has 0 unspecified atom stereocenters. The minimum atomic E-state index is -4.44. The lowest BCUT2D eigenvalue weighted by molar-refractivity contribution is -0.142. The van der Waals surface area contributed by atoms with Crippen molar-refractivity contribution in [3.05, 3.63) is 27.2 Å². The number of halogens is 4. The Kier molecular flexibility index (Phi) is 3.07. The van der Waals surface area contributed by atoms with Crippen LogP contribution in [0, 0.1) is 6.92 Å². The van der Waals surface area contributed by atoms with E-state index in [9.17, 15) is 13.2 Å². The van der Waals surface area contributed by atoms with Crippen molar-refractivity contribution in [2.24, 2.45) is 7.05 Å². The minimum absolute atomic E-state index is 0.00181. The second kappa shape index (κ2) is 4.13. The van der Waals surface area contributed by atoms with E-state index in [1.807, 2.05) is 18.4 Å². The highest BCUT2D eigenvalue weighted by Gasteiger charge is 2.38. The maximum atomic E-state index is 12.7. The molecular formula is C10H8BrF3N2S. The lowest BCUT2D eigenvalue weighted by atomic mass is 10.2. The van der Waals surface area contributed by atoms with Crippen molar-refractivity contribution in [2.45, 2.75) is 13.1 Å². The molecule has 7 heteroatoms. The topological polar surface area (TPSA) is 17.8 Å². The van der Waals surface area contributed by atoms with Crippen LogP contribution in [0.4, 0.5) is 13.2 Å². The van der Waals surface area contributed by atoms with Crippen LogP contribution in [0.3, 0.4) is 0 Å². The Labute approximate surface area is 108 Å². The molecule has 0 amide bonds. The zero-order valence-corrected chi connectivity index (χ0v) is 11.4. The third-order valence-electron chi connectivity index (χ3n) is 2.34. The predicted molar refractivity (Wildman–Crippen MR) is 64.0 cm³/mol. The standard InChI is InChI=1S/C10H8BrF3N2S/c1-5-3-4-17-8(5)7-6(11)9(10(12,13)14)15-16(7)2/h3-4H,1-2H3. The zero-order chi connectivity index (χ0) is 12.8. The third kappa shape index (κ3) is 2.13. The second-order valence-electron chi connectivity index (χ2n) is 3.57. The number of alkyl halides is 3. The molecule has 0 radical (unpaired) electrons. The van der Waals surface area contributed by atoms with Crippen LogP contribution < -0.4 is 0 Å². The van der Waals surface area contributed by atoms with E-state index in [0.717, 1.165) is 10.4 Å². The summed E-state index contributed by atoms with van der Waals surface area (Å²) < 4.78 is 39.3. The first-order valence-electron chi connectivity index (χ1n) is 4.66. The van der Waals surface area contributed by atoms with Gasteiger partial charge in [0.15, 0.2) is 5.69 Å². The Morgan fingerprint density at radius 3 is 2.47 bits per heavy atom. The summed E-state index contributed by atoms with van der Waals surface area (Å²) in [4.78, 5) is 0.794. The molecule has 0 spiro atoms. The maximum absolute atomic E-state index is 12.7. The van der Waals surface area contributed by atoms with Gasteiger partial charge in [-0.3, -0.25) is 4.68 Å². The number of aryl methyl sites for hydroxylation is 2. The van der Waals surface area contributed by atoms with Crippen molar-refractivity contribution in [1.82, 2.24) is 9.78 Å². The quantitative estimate of drug-likeness (QED) is 0.767. The van der Waals surface area contributed by atoms with E-state index in [1.54, 1.807) is 0 Å². The molecule has 0 aliphatic carbocycles. The van der Waals surface area contributed by atoms with Crippen LogP contribution in [-0.4, -0.2) is 9.78 Å². The number of nitrogens with zero attached hydrogens (tertiary/aromatic N) is 2. The van der Waals surface area contributed by atoms with Crippen molar-refractivity contribution in [3.63, 3.8) is 0 Å². The van der Waals surface area contributed by atoms with Gasteiger partial charge >= 0.3 is 6.18 Å². The summed E-state index contributed by atoms with van der Waals surface area (Å²) in [5, 5.41) is 5.37. The number of hydrogen-bond donors (Lipinski definition) is 0. The summed E-state index contributed by atoms with van der Waals surface area (Å²) in [7, 11) is 1.51. The van der Waals surface area contributed by atoms with E-state index >= 15 is 0 Å². The van der Waals surface area contributed by atoms with Gasteiger partial charge in [-0.25, -0.2) is 0 Å². The highest BCUT2D eigenvalue weighted by molar-refractivity contribution is 9.10. The fourth-order valence-electron chi connectivity index (χ4n) is 1.54. The van der Waals surface area contributed by atoms with Crippen molar-refractivity contribution in [1.29, 1.82) is 0 Å². The second-order valence-corrected chi connectivity index (χ2v) is 5.27. The normalized spacial score (nSPS) is 12.1. The molecule has 0 fully saturated rings. The van der Waals surface area contributed by atoms with Crippen LogP contribution in [0.15, 0.2) is 15.9 Å². The molecule has 0 aliphatic rings. The molecule has 2 nitrogen and oxygen atoms in total. The van der Waals surface area contributed by atoms with Gasteiger partial charge in [-0.05, 0) is 39.9 Å². The molecule has 0 bridgehead atoms. The molecule has 0 saturated heterocycles. The molecular weight excluding hydrogens is 317 g/mol. The van der Waals surface area contributed by atoms with Gasteiger partial charge in [0.05, 0.1) is 15.0 Å². The smallest absolute Gasteiger partial charge is 0.265 e. The first-order chi connectivity index (χ1) is 7.82. The van der Waals surface area contributed by atoms with E-state index in [0.29, 0.717) is 5.69 Å². The lowest BCUT2D eigenvalue weighted by Gasteiger charge is -2.02. The largest absolute Gasteiger partial charge is 0.436 e. The van der Waals surface area contributed by atoms with Gasteiger partial charge in [-0.15, -0.1) is 11.3 Å². The van der Waals surface area contributed by atoms with Gasteiger partial charge in [0.1, 0.15) is 0 Å². The van der Waals surface area contributed by atoms with Gasteiger partial charge in [-0.1, -0.05) is 0 Å². The fourth-order valence-corrected chi connectivity index (χ4v) is 3.44. The highest BCUT2D eigenvalue weighted by Crippen LogP contribution is 2.41. The van der Waals surface area contributed by atoms with Gasteiger partial charge in [0, 0.05) is 7.05 Å². The predicted octanol–water partition coefficient (Wildman–Crippen LogP) is 4.24. The molecule has 0 aromatic carbocycles. The number of aromatic nitrogens is 2. The van der Waals surface area contributed by atoms with E-state index in [1.165, 1.54) is 23.1 Å². The van der Waals surface area contributed by atoms with E-state index in [4.69, 9.17) is 0 Å². The summed E-state index contributed by atoms with van der Waals surface area (Å²) in [6.07, 6.45) is -4.44. The van der Waals surface area contributed by atoms with Crippen molar-refractivity contribution < 1.29 is 13.2 Å². The minimum Gasteiger partial charge on any atom is -0.265 e. The van der Waals surface area contributed by atoms with Crippen molar-refractivity contribution in [2.75, 3.05) is 0 Å². The molecule has 0 atom stereocenters. The summed E-state index contributed by atoms with van der Waals surface area (Å²) in [6, 6.07) is 1.87. The van der Waals surface area contributed by atoms with Crippen LogP contribution in [0.1, 0.15) is 11.3 Å². The molecule has 2 aromatic heterocycles. The van der Waals surface area contributed by atoms with Crippen molar-refractivity contribution in [3.8, 4) is 10.6 Å².